The minimum Gasteiger partial charge on any atom is -0.374 e. The molecule has 0 fully saturated rings. The smallest absolute Gasteiger partial charge is 0.247 e. The highest BCUT2D eigenvalue weighted by Crippen LogP contribution is 2.26. The maximum Gasteiger partial charge on any atom is 0.247 e. The average Bonchev–Trinajstić information content (AvgIpc) is 3.02. The topological polar surface area (TPSA) is 94.0 Å². The quantitative estimate of drug-likeness (QED) is 0.797. The number of anilines is 3. The van der Waals surface area contributed by atoms with Gasteiger partial charge in [0.15, 0.2) is 0 Å². The van der Waals surface area contributed by atoms with Crippen LogP contribution in [0, 0.1) is 11.3 Å². The van der Waals surface area contributed by atoms with Gasteiger partial charge in [0.25, 0.3) is 0 Å². The van der Waals surface area contributed by atoms with E-state index >= 15 is 0 Å². The van der Waals surface area contributed by atoms with Crippen molar-refractivity contribution < 1.29 is 9.59 Å². The van der Waals surface area contributed by atoms with Gasteiger partial charge in [0.2, 0.25) is 11.8 Å². The van der Waals surface area contributed by atoms with Gasteiger partial charge in [0.1, 0.15) is 17.1 Å². The van der Waals surface area contributed by atoms with E-state index in [4.69, 9.17) is 5.26 Å². The van der Waals surface area contributed by atoms with Gasteiger partial charge >= 0.3 is 0 Å². The van der Waals surface area contributed by atoms with E-state index in [1.54, 1.807) is 18.4 Å². The van der Waals surface area contributed by atoms with E-state index in [0.29, 0.717) is 23.4 Å². The molecule has 0 spiro atoms. The van der Waals surface area contributed by atoms with Crippen LogP contribution in [0.4, 0.5) is 16.4 Å². The third kappa shape index (κ3) is 3.39. The Kier molecular flexibility index (Phi) is 4.49. The van der Waals surface area contributed by atoms with Crippen LogP contribution in [0.1, 0.15) is 24.5 Å². The molecule has 1 atom stereocenters. The zero-order valence-electron chi connectivity index (χ0n) is 13.1. The first-order chi connectivity index (χ1) is 11.6. The van der Waals surface area contributed by atoms with Crippen molar-refractivity contribution >= 4 is 39.5 Å². The Morgan fingerprint density at radius 2 is 2.21 bits per heavy atom. The number of nitrogens with zero attached hydrogens (tertiary/aromatic N) is 1. The summed E-state index contributed by atoms with van der Waals surface area (Å²) in [6, 6.07) is 8.88. The predicted octanol–water partition coefficient (Wildman–Crippen LogP) is 2.94. The Hall–Kier alpha value is -2.85. The van der Waals surface area contributed by atoms with Crippen LogP contribution >= 0.6 is 11.3 Å². The molecule has 2 amide bonds. The number of fused-ring (bicyclic) bond motifs is 1. The molecule has 1 aromatic carbocycles. The number of hydrogen-bond donors (Lipinski definition) is 3. The molecule has 7 heteroatoms. The van der Waals surface area contributed by atoms with Crippen molar-refractivity contribution in [2.45, 2.75) is 25.8 Å². The van der Waals surface area contributed by atoms with E-state index in [9.17, 15) is 9.59 Å². The van der Waals surface area contributed by atoms with E-state index in [1.165, 1.54) is 11.3 Å². The summed E-state index contributed by atoms with van der Waals surface area (Å²) in [7, 11) is 0. The number of amides is 2. The molecule has 6 nitrogen and oxygen atoms in total. The molecule has 2 aromatic rings. The van der Waals surface area contributed by atoms with Crippen molar-refractivity contribution in [3.63, 3.8) is 0 Å². The lowest BCUT2D eigenvalue weighted by atomic mass is 10.0. The van der Waals surface area contributed by atoms with E-state index in [-0.39, 0.29) is 11.8 Å². The first kappa shape index (κ1) is 16.0. The third-order valence-electron chi connectivity index (χ3n) is 3.80. The SMILES string of the molecule is CC(Nc1ccc2c(c1)CCC(=O)N2)C(=O)Nc1sccc1C#N. The normalized spacial score (nSPS) is 14.1. The summed E-state index contributed by atoms with van der Waals surface area (Å²) in [5.41, 5.74) is 3.16. The Labute approximate surface area is 143 Å². The number of hydrogen-bond acceptors (Lipinski definition) is 5. The van der Waals surface area contributed by atoms with E-state index in [1.807, 2.05) is 24.3 Å². The van der Waals surface area contributed by atoms with Gasteiger partial charge in [-0.1, -0.05) is 0 Å². The summed E-state index contributed by atoms with van der Waals surface area (Å²) in [5, 5.41) is 20.1. The molecular formula is C17H16N4O2S. The molecule has 0 radical (unpaired) electrons. The number of nitrogens with one attached hydrogen (secondary N) is 3. The van der Waals surface area contributed by atoms with Gasteiger partial charge in [0.05, 0.1) is 5.56 Å². The van der Waals surface area contributed by atoms with Crippen molar-refractivity contribution in [2.24, 2.45) is 0 Å². The fraction of sp³-hybridized carbons (Fsp3) is 0.235. The number of nitriles is 1. The maximum absolute atomic E-state index is 12.3. The van der Waals surface area contributed by atoms with Crippen molar-refractivity contribution in [3.8, 4) is 6.07 Å². The fourth-order valence-electron chi connectivity index (χ4n) is 2.50. The second kappa shape index (κ2) is 6.72. The molecular weight excluding hydrogens is 324 g/mol. The number of thiophene rings is 1. The number of carbonyl (C=O) groups excluding carboxylic acids is 2. The Bertz CT molecular complexity index is 837. The zero-order valence-corrected chi connectivity index (χ0v) is 13.9. The Morgan fingerprint density at radius 1 is 1.38 bits per heavy atom. The highest BCUT2D eigenvalue weighted by atomic mass is 32.1. The molecule has 1 unspecified atom stereocenters. The van der Waals surface area contributed by atoms with E-state index < -0.39 is 6.04 Å². The first-order valence-corrected chi connectivity index (χ1v) is 8.42. The zero-order chi connectivity index (χ0) is 17.1. The van der Waals surface area contributed by atoms with Crippen molar-refractivity contribution in [3.05, 3.63) is 40.8 Å². The number of carbonyl (C=O) groups is 2. The largest absolute Gasteiger partial charge is 0.374 e. The highest BCUT2D eigenvalue weighted by Gasteiger charge is 2.18. The minimum atomic E-state index is -0.463. The van der Waals surface area contributed by atoms with Gasteiger partial charge in [-0.05, 0) is 48.6 Å². The van der Waals surface area contributed by atoms with Crippen LogP contribution in [-0.2, 0) is 16.0 Å². The Morgan fingerprint density at radius 3 is 3.00 bits per heavy atom. The van der Waals surface area contributed by atoms with Crippen molar-refractivity contribution in [1.82, 2.24) is 0 Å². The van der Waals surface area contributed by atoms with Crippen LogP contribution in [0.25, 0.3) is 0 Å². The van der Waals surface area contributed by atoms with Crippen LogP contribution in [-0.4, -0.2) is 17.9 Å². The molecule has 0 bridgehead atoms. The lowest BCUT2D eigenvalue weighted by molar-refractivity contribution is -0.117. The molecule has 3 N–H and O–H groups in total. The maximum atomic E-state index is 12.3. The monoisotopic (exact) mass is 340 g/mol. The summed E-state index contributed by atoms with van der Waals surface area (Å²) in [4.78, 5) is 23.7. The molecule has 122 valence electrons. The summed E-state index contributed by atoms with van der Waals surface area (Å²) in [6.07, 6.45) is 1.17. The average molecular weight is 340 g/mol. The van der Waals surface area contributed by atoms with Gasteiger partial charge in [-0.15, -0.1) is 11.3 Å². The van der Waals surface area contributed by atoms with Gasteiger partial charge < -0.3 is 16.0 Å². The first-order valence-electron chi connectivity index (χ1n) is 7.54. The summed E-state index contributed by atoms with van der Waals surface area (Å²) < 4.78 is 0. The highest BCUT2D eigenvalue weighted by molar-refractivity contribution is 7.14. The number of rotatable bonds is 4. The van der Waals surface area contributed by atoms with E-state index in [2.05, 4.69) is 16.0 Å². The fourth-order valence-corrected chi connectivity index (χ4v) is 3.24. The molecule has 1 aliphatic rings. The standard InChI is InChI=1S/C17H16N4O2S/c1-10(16(23)21-17-12(9-18)6-7-24-17)19-13-3-4-14-11(8-13)2-5-15(22)20-14/h3-4,6-8,10,19H,2,5H2,1H3,(H,20,22)(H,21,23). The lowest BCUT2D eigenvalue weighted by Crippen LogP contribution is -2.32. The van der Waals surface area contributed by atoms with E-state index in [0.717, 1.165) is 16.9 Å². The Balaban J connectivity index is 1.66. The van der Waals surface area contributed by atoms with Gasteiger partial charge in [-0.3, -0.25) is 9.59 Å². The van der Waals surface area contributed by atoms with Gasteiger partial charge in [-0.2, -0.15) is 5.26 Å². The molecule has 1 aliphatic heterocycles. The summed E-state index contributed by atoms with van der Waals surface area (Å²) in [6.45, 7) is 1.76. The second-order valence-electron chi connectivity index (χ2n) is 5.55. The molecule has 1 aromatic heterocycles. The molecule has 0 aliphatic carbocycles. The van der Waals surface area contributed by atoms with Crippen LogP contribution < -0.4 is 16.0 Å². The summed E-state index contributed by atoms with van der Waals surface area (Å²) >= 11 is 1.32. The second-order valence-corrected chi connectivity index (χ2v) is 6.47. The van der Waals surface area contributed by atoms with Crippen LogP contribution in [0.2, 0.25) is 0 Å². The number of benzene rings is 1. The van der Waals surface area contributed by atoms with Crippen LogP contribution in [0.15, 0.2) is 29.6 Å². The van der Waals surface area contributed by atoms with Crippen LogP contribution in [0.5, 0.6) is 0 Å². The molecule has 24 heavy (non-hydrogen) atoms. The van der Waals surface area contributed by atoms with Gasteiger partial charge in [-0.25, -0.2) is 0 Å². The minimum absolute atomic E-state index is 0.0280. The number of aryl methyl sites for hydroxylation is 1. The molecule has 3 rings (SSSR count). The van der Waals surface area contributed by atoms with Crippen LogP contribution in [0.3, 0.4) is 0 Å². The summed E-state index contributed by atoms with van der Waals surface area (Å²) in [5.74, 6) is -0.180. The molecule has 0 saturated heterocycles. The lowest BCUT2D eigenvalue weighted by Gasteiger charge is -2.20. The van der Waals surface area contributed by atoms with Crippen molar-refractivity contribution in [2.75, 3.05) is 16.0 Å². The third-order valence-corrected chi connectivity index (χ3v) is 4.63. The molecule has 2 heterocycles. The van der Waals surface area contributed by atoms with Crippen molar-refractivity contribution in [1.29, 1.82) is 5.26 Å². The predicted molar refractivity (Wildman–Crippen MR) is 94.1 cm³/mol. The van der Waals surface area contributed by atoms with Gasteiger partial charge in [0, 0.05) is 17.8 Å². The molecule has 0 saturated carbocycles.